The molecule has 0 aliphatic carbocycles. The van der Waals surface area contributed by atoms with E-state index in [2.05, 4.69) is 34.0 Å². The Balaban J connectivity index is 1.69. The van der Waals surface area contributed by atoms with Crippen molar-refractivity contribution in [2.24, 2.45) is 5.92 Å². The molecule has 2 heterocycles. The fraction of sp³-hybridized carbons (Fsp3) is 0.444. The first-order valence-electron chi connectivity index (χ1n) is 8.12. The summed E-state index contributed by atoms with van der Waals surface area (Å²) in [6, 6.07) is 7.77. The molecule has 1 N–H and O–H groups in total. The van der Waals surface area contributed by atoms with Gasteiger partial charge in [-0.2, -0.15) is 0 Å². The monoisotopic (exact) mass is 312 g/mol. The molecule has 3 rings (SSSR count). The van der Waals surface area contributed by atoms with Crippen LogP contribution in [0.25, 0.3) is 0 Å². The van der Waals surface area contributed by atoms with Crippen LogP contribution in [0.1, 0.15) is 25.1 Å². The Bertz CT molecular complexity index is 655. The van der Waals surface area contributed by atoms with Gasteiger partial charge in [0.2, 0.25) is 5.95 Å². The van der Waals surface area contributed by atoms with E-state index < -0.39 is 0 Å². The molecule has 1 aromatic carbocycles. The zero-order valence-corrected chi connectivity index (χ0v) is 14.0. The number of rotatable bonds is 5. The van der Waals surface area contributed by atoms with Crippen molar-refractivity contribution in [2.45, 2.75) is 26.8 Å². The van der Waals surface area contributed by atoms with Gasteiger partial charge in [0.25, 0.3) is 0 Å². The van der Waals surface area contributed by atoms with Gasteiger partial charge in [0.15, 0.2) is 0 Å². The minimum absolute atomic E-state index is 0.659. The molecule has 2 aromatic rings. The second-order valence-electron chi connectivity index (χ2n) is 6.40. The Hall–Kier alpha value is -2.14. The highest BCUT2D eigenvalue weighted by Gasteiger charge is 2.18. The molecule has 0 spiro atoms. The van der Waals surface area contributed by atoms with E-state index in [1.54, 1.807) is 7.11 Å². The van der Waals surface area contributed by atoms with Crippen LogP contribution in [0.4, 0.5) is 11.6 Å². The van der Waals surface area contributed by atoms with E-state index in [-0.39, 0.29) is 0 Å². The highest BCUT2D eigenvalue weighted by molar-refractivity contribution is 5.54. The lowest BCUT2D eigenvalue weighted by molar-refractivity contribution is 0.224. The first-order chi connectivity index (χ1) is 11.1. The molecule has 0 amide bonds. The maximum Gasteiger partial charge on any atom is 0.227 e. The lowest BCUT2D eigenvalue weighted by atomic mass is 10.1. The fourth-order valence-electron chi connectivity index (χ4n) is 2.91. The number of ether oxygens (including phenoxy) is 1. The van der Waals surface area contributed by atoms with Crippen molar-refractivity contribution in [3.63, 3.8) is 0 Å². The van der Waals surface area contributed by atoms with Crippen molar-refractivity contribution in [1.82, 2.24) is 14.9 Å². The van der Waals surface area contributed by atoms with E-state index in [0.29, 0.717) is 11.9 Å². The molecule has 1 aliphatic heterocycles. The number of hydrogen-bond donors (Lipinski definition) is 1. The van der Waals surface area contributed by atoms with Gasteiger partial charge in [0.1, 0.15) is 5.75 Å². The molecule has 0 unspecified atom stereocenters. The maximum atomic E-state index is 5.17. The van der Waals surface area contributed by atoms with Crippen LogP contribution in [0.5, 0.6) is 5.75 Å². The van der Waals surface area contributed by atoms with E-state index >= 15 is 0 Å². The Morgan fingerprint density at radius 3 is 2.74 bits per heavy atom. The molecule has 0 bridgehead atoms. The smallest absolute Gasteiger partial charge is 0.227 e. The lowest BCUT2D eigenvalue weighted by Gasteiger charge is -2.29. The summed E-state index contributed by atoms with van der Waals surface area (Å²) in [5, 5.41) is 3.26. The second-order valence-corrected chi connectivity index (χ2v) is 6.40. The van der Waals surface area contributed by atoms with Crippen LogP contribution in [0.2, 0.25) is 0 Å². The number of fused-ring (bicyclic) bond motifs is 1. The van der Waals surface area contributed by atoms with E-state index in [1.165, 1.54) is 5.56 Å². The number of hydrogen-bond acceptors (Lipinski definition) is 5. The van der Waals surface area contributed by atoms with Crippen LogP contribution in [-0.2, 0) is 13.0 Å². The molecule has 0 atom stereocenters. The second kappa shape index (κ2) is 6.96. The van der Waals surface area contributed by atoms with Gasteiger partial charge < -0.3 is 10.1 Å². The zero-order chi connectivity index (χ0) is 16.2. The van der Waals surface area contributed by atoms with Gasteiger partial charge in [-0.3, -0.25) is 4.90 Å². The van der Waals surface area contributed by atoms with E-state index in [9.17, 15) is 0 Å². The summed E-state index contributed by atoms with van der Waals surface area (Å²) in [7, 11) is 1.66. The first-order valence-corrected chi connectivity index (χ1v) is 8.12. The number of nitrogens with one attached hydrogen (secondary N) is 1. The third-order valence-corrected chi connectivity index (χ3v) is 3.98. The Morgan fingerprint density at radius 1 is 1.26 bits per heavy atom. The lowest BCUT2D eigenvalue weighted by Crippen LogP contribution is -2.34. The van der Waals surface area contributed by atoms with Crippen molar-refractivity contribution >= 4 is 11.6 Å². The fourth-order valence-corrected chi connectivity index (χ4v) is 2.91. The molecule has 0 fully saturated rings. The number of benzene rings is 1. The van der Waals surface area contributed by atoms with Gasteiger partial charge in [-0.15, -0.1) is 0 Å². The standard InChI is InChI=1S/C18H24N4O/c1-13(2)11-22-9-8-17-14(12-22)10-19-18(21-17)20-15-4-6-16(23-3)7-5-15/h4-7,10,13H,8-9,11-12H2,1-3H3,(H,19,20,21). The van der Waals surface area contributed by atoms with Gasteiger partial charge in [0.05, 0.1) is 12.8 Å². The molecular weight excluding hydrogens is 288 g/mol. The minimum atomic E-state index is 0.659. The highest BCUT2D eigenvalue weighted by atomic mass is 16.5. The first kappa shape index (κ1) is 15.7. The molecule has 23 heavy (non-hydrogen) atoms. The van der Waals surface area contributed by atoms with Crippen LogP contribution in [-0.4, -0.2) is 35.1 Å². The van der Waals surface area contributed by atoms with Crippen LogP contribution in [0.15, 0.2) is 30.5 Å². The average Bonchev–Trinajstić information content (AvgIpc) is 2.55. The Morgan fingerprint density at radius 2 is 2.04 bits per heavy atom. The number of anilines is 2. The molecular formula is C18H24N4O. The quantitative estimate of drug-likeness (QED) is 0.918. The van der Waals surface area contributed by atoms with Gasteiger partial charge in [0, 0.05) is 43.5 Å². The molecule has 0 radical (unpaired) electrons. The number of aromatic nitrogens is 2. The number of methoxy groups -OCH3 is 1. The van der Waals surface area contributed by atoms with E-state index in [4.69, 9.17) is 4.74 Å². The summed E-state index contributed by atoms with van der Waals surface area (Å²) < 4.78 is 5.17. The summed E-state index contributed by atoms with van der Waals surface area (Å²) in [5.74, 6) is 2.19. The number of nitrogens with zero attached hydrogens (tertiary/aromatic N) is 3. The molecule has 122 valence electrons. The SMILES string of the molecule is COc1ccc(Nc2ncc3c(n2)CCN(CC(C)C)C3)cc1. The van der Waals surface area contributed by atoms with E-state index in [1.807, 2.05) is 30.5 Å². The van der Waals surface area contributed by atoms with Gasteiger partial charge in [-0.1, -0.05) is 13.8 Å². The summed E-state index contributed by atoms with van der Waals surface area (Å²) in [6.45, 7) is 7.67. The maximum absolute atomic E-state index is 5.17. The summed E-state index contributed by atoms with van der Waals surface area (Å²) >= 11 is 0. The topological polar surface area (TPSA) is 50.3 Å². The van der Waals surface area contributed by atoms with E-state index in [0.717, 1.165) is 43.2 Å². The molecule has 1 aliphatic rings. The predicted octanol–water partition coefficient (Wildman–Crippen LogP) is 3.24. The predicted molar refractivity (Wildman–Crippen MR) is 92.1 cm³/mol. The van der Waals surface area contributed by atoms with Gasteiger partial charge in [-0.05, 0) is 30.2 Å². The van der Waals surface area contributed by atoms with Crippen LogP contribution in [0, 0.1) is 5.92 Å². The van der Waals surface area contributed by atoms with Crippen molar-refractivity contribution in [3.8, 4) is 5.75 Å². The molecule has 1 aromatic heterocycles. The van der Waals surface area contributed by atoms with Crippen LogP contribution < -0.4 is 10.1 Å². The van der Waals surface area contributed by atoms with Crippen molar-refractivity contribution in [2.75, 3.05) is 25.5 Å². The molecule has 5 nitrogen and oxygen atoms in total. The molecule has 0 saturated heterocycles. The van der Waals surface area contributed by atoms with Crippen LogP contribution in [0.3, 0.4) is 0 Å². The van der Waals surface area contributed by atoms with Gasteiger partial charge >= 0.3 is 0 Å². The molecule has 0 saturated carbocycles. The normalized spacial score (nSPS) is 14.6. The summed E-state index contributed by atoms with van der Waals surface area (Å²) in [4.78, 5) is 11.6. The van der Waals surface area contributed by atoms with Crippen molar-refractivity contribution < 1.29 is 4.74 Å². The zero-order valence-electron chi connectivity index (χ0n) is 14.0. The third-order valence-electron chi connectivity index (χ3n) is 3.98. The van der Waals surface area contributed by atoms with Gasteiger partial charge in [-0.25, -0.2) is 9.97 Å². The minimum Gasteiger partial charge on any atom is -0.497 e. The third kappa shape index (κ3) is 3.99. The molecule has 5 heteroatoms. The Labute approximate surface area is 137 Å². The average molecular weight is 312 g/mol. The highest BCUT2D eigenvalue weighted by Crippen LogP contribution is 2.21. The Kier molecular flexibility index (Phi) is 4.76. The summed E-state index contributed by atoms with van der Waals surface area (Å²) in [5.41, 5.74) is 3.37. The summed E-state index contributed by atoms with van der Waals surface area (Å²) in [6.07, 6.45) is 2.95. The van der Waals surface area contributed by atoms with Crippen molar-refractivity contribution in [3.05, 3.63) is 41.7 Å². The van der Waals surface area contributed by atoms with Crippen molar-refractivity contribution in [1.29, 1.82) is 0 Å². The largest absolute Gasteiger partial charge is 0.497 e. The van der Waals surface area contributed by atoms with Crippen LogP contribution >= 0.6 is 0 Å².